The van der Waals surface area contributed by atoms with Crippen molar-refractivity contribution < 1.29 is 4.79 Å². The van der Waals surface area contributed by atoms with Crippen molar-refractivity contribution >= 4 is 5.91 Å². The lowest BCUT2D eigenvalue weighted by Crippen LogP contribution is -2.41. The lowest BCUT2D eigenvalue weighted by Gasteiger charge is -2.15. The van der Waals surface area contributed by atoms with Gasteiger partial charge in [0.05, 0.1) is 5.69 Å². The Balaban J connectivity index is 1.86. The van der Waals surface area contributed by atoms with E-state index in [0.717, 1.165) is 17.8 Å². The molecule has 20 heavy (non-hydrogen) atoms. The first kappa shape index (κ1) is 15.0. The molecule has 1 heterocycles. The largest absolute Gasteiger partial charge is 0.354 e. The predicted octanol–water partition coefficient (Wildman–Crippen LogP) is 1.07. The highest BCUT2D eigenvalue weighted by molar-refractivity contribution is 5.78. The van der Waals surface area contributed by atoms with Crippen LogP contribution in [-0.2, 0) is 18.3 Å². The van der Waals surface area contributed by atoms with Gasteiger partial charge in [-0.15, -0.1) is 0 Å². The Morgan fingerprint density at radius 1 is 1.50 bits per heavy atom. The molecule has 112 valence electrons. The summed E-state index contributed by atoms with van der Waals surface area (Å²) in [4.78, 5) is 12.1. The number of carbonyl (C=O) groups excluding carboxylic acids is 1. The van der Waals surface area contributed by atoms with Crippen LogP contribution in [0.5, 0.6) is 0 Å². The van der Waals surface area contributed by atoms with Gasteiger partial charge in [-0.2, -0.15) is 5.10 Å². The molecular weight excluding hydrogens is 252 g/mol. The molecule has 0 aliphatic heterocycles. The first-order chi connectivity index (χ1) is 9.40. The van der Waals surface area contributed by atoms with Crippen molar-refractivity contribution in [2.75, 3.05) is 6.54 Å². The molecule has 1 aromatic rings. The van der Waals surface area contributed by atoms with E-state index in [-0.39, 0.29) is 17.9 Å². The van der Waals surface area contributed by atoms with Crippen LogP contribution in [-0.4, -0.2) is 28.3 Å². The first-order valence-electron chi connectivity index (χ1n) is 7.42. The van der Waals surface area contributed by atoms with E-state index in [1.165, 1.54) is 18.4 Å². The zero-order valence-corrected chi connectivity index (χ0v) is 12.9. The molecule has 0 radical (unpaired) electrons. The number of nitrogens with one attached hydrogen (secondary N) is 1. The van der Waals surface area contributed by atoms with Crippen molar-refractivity contribution in [3.63, 3.8) is 0 Å². The van der Waals surface area contributed by atoms with Crippen molar-refractivity contribution in [1.29, 1.82) is 0 Å². The van der Waals surface area contributed by atoms with Crippen LogP contribution in [0.1, 0.15) is 36.7 Å². The highest BCUT2D eigenvalue weighted by Gasteiger charge is 2.29. The van der Waals surface area contributed by atoms with Gasteiger partial charge in [-0.05, 0) is 44.6 Å². The average Bonchev–Trinajstić information content (AvgIpc) is 3.21. The van der Waals surface area contributed by atoms with E-state index in [0.29, 0.717) is 12.5 Å². The van der Waals surface area contributed by atoms with E-state index >= 15 is 0 Å². The van der Waals surface area contributed by atoms with Crippen molar-refractivity contribution in [2.24, 2.45) is 24.6 Å². The number of aromatic nitrogens is 2. The highest BCUT2D eigenvalue weighted by Crippen LogP contribution is 2.31. The number of rotatable bonds is 6. The number of carbonyl (C=O) groups is 1. The Hall–Kier alpha value is -1.36. The summed E-state index contributed by atoms with van der Waals surface area (Å²) in [6.45, 7) is 6.60. The smallest absolute Gasteiger partial charge is 0.223 e. The van der Waals surface area contributed by atoms with Crippen LogP contribution >= 0.6 is 0 Å². The zero-order valence-electron chi connectivity index (χ0n) is 12.9. The van der Waals surface area contributed by atoms with Crippen molar-refractivity contribution in [3.05, 3.63) is 17.0 Å². The highest BCUT2D eigenvalue weighted by atomic mass is 16.1. The maximum atomic E-state index is 12.1. The number of hydrogen-bond acceptors (Lipinski definition) is 3. The van der Waals surface area contributed by atoms with Crippen LogP contribution in [0.25, 0.3) is 0 Å². The van der Waals surface area contributed by atoms with E-state index in [4.69, 9.17) is 5.73 Å². The lowest BCUT2D eigenvalue weighted by atomic mass is 9.98. The second-order valence-corrected chi connectivity index (χ2v) is 6.12. The molecular formula is C15H26N4O. The quantitative estimate of drug-likeness (QED) is 0.817. The van der Waals surface area contributed by atoms with E-state index in [9.17, 15) is 4.79 Å². The molecule has 3 N–H and O–H groups in total. The van der Waals surface area contributed by atoms with Crippen LogP contribution in [0.3, 0.4) is 0 Å². The van der Waals surface area contributed by atoms with Gasteiger partial charge in [0.1, 0.15) is 0 Å². The molecule has 5 heteroatoms. The maximum Gasteiger partial charge on any atom is 0.223 e. The normalized spacial score (nSPS) is 17.9. The molecule has 0 bridgehead atoms. The summed E-state index contributed by atoms with van der Waals surface area (Å²) in [6.07, 6.45) is 3.15. The summed E-state index contributed by atoms with van der Waals surface area (Å²) in [5.74, 6) is 0.653. The van der Waals surface area contributed by atoms with Gasteiger partial charge < -0.3 is 11.1 Å². The molecule has 2 atom stereocenters. The van der Waals surface area contributed by atoms with Crippen LogP contribution in [0.2, 0.25) is 0 Å². The minimum absolute atomic E-state index is 0.0528. The summed E-state index contributed by atoms with van der Waals surface area (Å²) in [5.41, 5.74) is 9.33. The monoisotopic (exact) mass is 278 g/mol. The molecule has 0 aromatic carbocycles. The van der Waals surface area contributed by atoms with Gasteiger partial charge in [0, 0.05) is 31.2 Å². The summed E-state index contributed by atoms with van der Waals surface area (Å²) in [6, 6.07) is 0.119. The lowest BCUT2D eigenvalue weighted by molar-refractivity contribution is -0.124. The van der Waals surface area contributed by atoms with Crippen LogP contribution in [0.15, 0.2) is 0 Å². The standard InChI is InChI=1S/C15H26N4O/c1-9(7-13-10(2)18-19(4)11(13)3)15(20)17-8-14(16)12-5-6-12/h9,12,14H,5-8,16H2,1-4H3,(H,17,20). The second kappa shape index (κ2) is 5.95. The van der Waals surface area contributed by atoms with E-state index in [1.807, 2.05) is 32.5 Å². The van der Waals surface area contributed by atoms with Crippen molar-refractivity contribution in [2.45, 2.75) is 46.1 Å². The predicted molar refractivity (Wildman–Crippen MR) is 79.3 cm³/mol. The van der Waals surface area contributed by atoms with Gasteiger partial charge in [0.2, 0.25) is 5.91 Å². The van der Waals surface area contributed by atoms with Crippen LogP contribution < -0.4 is 11.1 Å². The first-order valence-corrected chi connectivity index (χ1v) is 7.42. The summed E-state index contributed by atoms with van der Waals surface area (Å²) < 4.78 is 1.87. The Morgan fingerprint density at radius 3 is 2.65 bits per heavy atom. The maximum absolute atomic E-state index is 12.1. The molecule has 1 aromatic heterocycles. The number of nitrogens with zero attached hydrogens (tertiary/aromatic N) is 2. The summed E-state index contributed by atoms with van der Waals surface area (Å²) in [7, 11) is 1.94. The molecule has 0 spiro atoms. The molecule has 1 fully saturated rings. The summed E-state index contributed by atoms with van der Waals surface area (Å²) >= 11 is 0. The molecule has 1 amide bonds. The van der Waals surface area contributed by atoms with Crippen molar-refractivity contribution in [3.8, 4) is 0 Å². The Morgan fingerprint density at radius 2 is 2.15 bits per heavy atom. The number of amides is 1. The fraction of sp³-hybridized carbons (Fsp3) is 0.733. The number of nitrogens with two attached hydrogens (primary N) is 1. The Kier molecular flexibility index (Phi) is 4.48. The third-order valence-corrected chi connectivity index (χ3v) is 4.36. The molecule has 1 aliphatic rings. The molecule has 1 saturated carbocycles. The van der Waals surface area contributed by atoms with Gasteiger partial charge in [-0.3, -0.25) is 9.48 Å². The Labute approximate surface area is 120 Å². The third kappa shape index (κ3) is 3.39. The minimum Gasteiger partial charge on any atom is -0.354 e. The van der Waals surface area contributed by atoms with Crippen LogP contribution in [0, 0.1) is 25.7 Å². The molecule has 1 aliphatic carbocycles. The van der Waals surface area contributed by atoms with Gasteiger partial charge >= 0.3 is 0 Å². The Bertz CT molecular complexity index is 490. The SMILES string of the molecule is Cc1nn(C)c(C)c1CC(C)C(=O)NCC(N)C1CC1. The number of aryl methyl sites for hydroxylation is 2. The van der Waals surface area contributed by atoms with E-state index in [1.54, 1.807) is 0 Å². The third-order valence-electron chi connectivity index (χ3n) is 4.36. The molecule has 2 rings (SSSR count). The fourth-order valence-corrected chi connectivity index (χ4v) is 2.60. The summed E-state index contributed by atoms with van der Waals surface area (Å²) in [5, 5.41) is 7.37. The average molecular weight is 278 g/mol. The molecule has 2 unspecified atom stereocenters. The van der Waals surface area contributed by atoms with E-state index < -0.39 is 0 Å². The molecule has 5 nitrogen and oxygen atoms in total. The van der Waals surface area contributed by atoms with Crippen molar-refractivity contribution in [1.82, 2.24) is 15.1 Å². The topological polar surface area (TPSA) is 72.9 Å². The van der Waals surface area contributed by atoms with Gasteiger partial charge in [0.25, 0.3) is 0 Å². The van der Waals surface area contributed by atoms with Gasteiger partial charge in [-0.1, -0.05) is 6.92 Å². The van der Waals surface area contributed by atoms with Gasteiger partial charge in [-0.25, -0.2) is 0 Å². The van der Waals surface area contributed by atoms with E-state index in [2.05, 4.69) is 10.4 Å². The minimum atomic E-state index is -0.0528. The number of hydrogen-bond donors (Lipinski definition) is 2. The van der Waals surface area contributed by atoms with Gasteiger partial charge in [0.15, 0.2) is 0 Å². The second-order valence-electron chi connectivity index (χ2n) is 6.12. The zero-order chi connectivity index (χ0) is 14.9. The molecule has 0 saturated heterocycles. The van der Waals surface area contributed by atoms with Crippen LogP contribution in [0.4, 0.5) is 0 Å². The fourth-order valence-electron chi connectivity index (χ4n) is 2.60.